The highest BCUT2D eigenvalue weighted by Gasteiger charge is 2.27. The van der Waals surface area contributed by atoms with E-state index < -0.39 is 14.3 Å². The summed E-state index contributed by atoms with van der Waals surface area (Å²) in [7, 11) is -5.48. The van der Waals surface area contributed by atoms with Crippen molar-refractivity contribution in [2.75, 3.05) is 25.5 Å². The van der Waals surface area contributed by atoms with Crippen LogP contribution in [0.3, 0.4) is 0 Å². The van der Waals surface area contributed by atoms with Gasteiger partial charge in [-0.1, -0.05) is 121 Å². The third-order valence-corrected chi connectivity index (χ3v) is 13.7. The van der Waals surface area contributed by atoms with Crippen LogP contribution >= 0.6 is 14.3 Å². The molecule has 0 aliphatic heterocycles. The Labute approximate surface area is 249 Å². The lowest BCUT2D eigenvalue weighted by Gasteiger charge is -2.19. The van der Waals surface area contributed by atoms with Gasteiger partial charge < -0.3 is 18.6 Å². The predicted molar refractivity (Wildman–Crippen MR) is 176 cm³/mol. The van der Waals surface area contributed by atoms with E-state index in [1.807, 2.05) is 146 Å². The summed E-state index contributed by atoms with van der Waals surface area (Å²) in [5, 5.41) is 3.51. The summed E-state index contributed by atoms with van der Waals surface area (Å²) in [6.07, 6.45) is 2.42. The fourth-order valence-corrected chi connectivity index (χ4v) is 10.5. The maximum Gasteiger partial charge on any atom is 0.143 e. The van der Waals surface area contributed by atoms with Gasteiger partial charge in [0.05, 0.1) is 13.2 Å². The number of benzene rings is 5. The van der Waals surface area contributed by atoms with Gasteiger partial charge in [-0.15, -0.1) is 0 Å². The quantitative estimate of drug-likeness (QED) is 0.100. The first-order chi connectivity index (χ1) is 20.6. The zero-order valence-electron chi connectivity index (χ0n) is 23.6. The summed E-state index contributed by atoms with van der Waals surface area (Å²) in [4.78, 5) is 0. The topological polar surface area (TPSA) is 52.6 Å². The summed E-state index contributed by atoms with van der Waals surface area (Å²) in [6.45, 7) is 0.941. The highest BCUT2D eigenvalue weighted by Crippen LogP contribution is 2.44. The Morgan fingerprint density at radius 1 is 0.381 bits per heavy atom. The molecule has 6 heteroatoms. The lowest BCUT2D eigenvalue weighted by molar-refractivity contribution is 0.309. The third-order valence-electron chi connectivity index (χ3n) is 7.29. The Balaban J connectivity index is 1.12. The van der Waals surface area contributed by atoms with Gasteiger partial charge in [0.1, 0.15) is 25.8 Å². The van der Waals surface area contributed by atoms with Crippen molar-refractivity contribution in [2.24, 2.45) is 0 Å². The largest absolute Gasteiger partial charge is 0.494 e. The molecule has 0 N–H and O–H groups in total. The molecule has 0 aromatic heterocycles. The van der Waals surface area contributed by atoms with Crippen molar-refractivity contribution in [3.05, 3.63) is 146 Å². The molecule has 0 spiro atoms. The Kier molecular flexibility index (Phi) is 10.1. The van der Waals surface area contributed by atoms with Crippen molar-refractivity contribution in [1.82, 2.24) is 0 Å². The van der Waals surface area contributed by atoms with Crippen molar-refractivity contribution in [3.8, 4) is 11.5 Å². The van der Waals surface area contributed by atoms with Gasteiger partial charge in [-0.3, -0.25) is 0 Å². The maximum absolute atomic E-state index is 14.1. The molecular weight excluding hydrogens is 558 g/mol. The molecule has 4 nitrogen and oxygen atoms in total. The molecule has 5 aromatic rings. The van der Waals surface area contributed by atoms with E-state index in [4.69, 9.17) is 9.47 Å². The minimum atomic E-state index is -2.74. The van der Waals surface area contributed by atoms with Crippen molar-refractivity contribution < 1.29 is 18.6 Å². The molecule has 0 saturated heterocycles. The van der Waals surface area contributed by atoms with Gasteiger partial charge in [-0.2, -0.15) is 0 Å². The lowest BCUT2D eigenvalue weighted by Crippen LogP contribution is -2.19. The van der Waals surface area contributed by atoms with E-state index >= 15 is 0 Å². The second-order valence-electron chi connectivity index (χ2n) is 10.1. The van der Waals surface area contributed by atoms with Crippen molar-refractivity contribution in [2.45, 2.75) is 12.8 Å². The molecule has 5 aromatic carbocycles. The fourth-order valence-electron chi connectivity index (χ4n) is 5.08. The molecule has 0 saturated carbocycles. The average molecular weight is 595 g/mol. The number of rotatable bonds is 14. The highest BCUT2D eigenvalue weighted by atomic mass is 31.2. The average Bonchev–Trinajstić information content (AvgIpc) is 3.07. The molecule has 214 valence electrons. The fraction of sp³-hybridized carbons (Fsp3) is 0.167. The number of ether oxygens (including phenoxy) is 2. The molecule has 0 fully saturated rings. The van der Waals surface area contributed by atoms with E-state index in [-0.39, 0.29) is 0 Å². The van der Waals surface area contributed by atoms with Crippen LogP contribution in [0.1, 0.15) is 12.8 Å². The van der Waals surface area contributed by atoms with Crippen LogP contribution in [0, 0.1) is 0 Å². The van der Waals surface area contributed by atoms with Gasteiger partial charge in [0.2, 0.25) is 0 Å². The molecule has 0 aliphatic carbocycles. The molecule has 0 bridgehead atoms. The smallest absolute Gasteiger partial charge is 0.143 e. The molecule has 0 radical (unpaired) electrons. The highest BCUT2D eigenvalue weighted by molar-refractivity contribution is 7.79. The Morgan fingerprint density at radius 3 is 0.905 bits per heavy atom. The van der Waals surface area contributed by atoms with E-state index in [1.165, 1.54) is 0 Å². The van der Waals surface area contributed by atoms with Crippen LogP contribution in [-0.2, 0) is 9.13 Å². The molecule has 5 rings (SSSR count). The van der Waals surface area contributed by atoms with Crippen molar-refractivity contribution >= 4 is 35.5 Å². The van der Waals surface area contributed by atoms with E-state index in [1.54, 1.807) is 0 Å². The van der Waals surface area contributed by atoms with Gasteiger partial charge in [-0.05, 0) is 37.1 Å². The first-order valence-corrected chi connectivity index (χ1v) is 18.1. The van der Waals surface area contributed by atoms with E-state index in [9.17, 15) is 9.13 Å². The molecule has 0 atom stereocenters. The Morgan fingerprint density at radius 2 is 0.643 bits per heavy atom. The van der Waals surface area contributed by atoms with Crippen LogP contribution in [0.25, 0.3) is 0 Å². The molecule has 0 amide bonds. The van der Waals surface area contributed by atoms with E-state index in [2.05, 4.69) is 0 Å². The second-order valence-corrected chi connectivity index (χ2v) is 16.1. The first kappa shape index (κ1) is 29.6. The zero-order chi connectivity index (χ0) is 29.1. The predicted octanol–water partition coefficient (Wildman–Crippen LogP) is 7.25. The summed E-state index contributed by atoms with van der Waals surface area (Å²) in [5.74, 6) is 1.49. The minimum absolute atomic E-state index is 0.470. The third kappa shape index (κ3) is 7.32. The monoisotopic (exact) mass is 594 g/mol. The first-order valence-electron chi connectivity index (χ1n) is 14.3. The minimum Gasteiger partial charge on any atom is -0.494 e. The summed E-state index contributed by atoms with van der Waals surface area (Å²) >= 11 is 0. The second kappa shape index (κ2) is 14.4. The van der Waals surface area contributed by atoms with Crippen LogP contribution < -0.4 is 30.7 Å². The SMILES string of the molecule is O=P(CCCOc1ccc(OCCCP(=O)(c2ccccc2)c2ccccc2)cc1)(c1ccccc1)c1ccccc1. The van der Waals surface area contributed by atoms with Crippen LogP contribution in [0.15, 0.2) is 146 Å². The molecular formula is C36H36O4P2. The number of hydrogen-bond donors (Lipinski definition) is 0. The Bertz CT molecular complexity index is 1400. The van der Waals surface area contributed by atoms with Crippen LogP contribution in [0.5, 0.6) is 11.5 Å². The molecule has 42 heavy (non-hydrogen) atoms. The van der Waals surface area contributed by atoms with Gasteiger partial charge in [0, 0.05) is 33.5 Å². The molecule has 0 unspecified atom stereocenters. The van der Waals surface area contributed by atoms with Gasteiger partial charge in [0.25, 0.3) is 0 Å². The summed E-state index contributed by atoms with van der Waals surface area (Å²) in [5.41, 5.74) is 0. The van der Waals surface area contributed by atoms with E-state index in [0.717, 1.165) is 32.7 Å². The maximum atomic E-state index is 14.1. The summed E-state index contributed by atoms with van der Waals surface area (Å²) in [6, 6.07) is 46.5. The zero-order valence-corrected chi connectivity index (χ0v) is 25.4. The molecule has 0 heterocycles. The van der Waals surface area contributed by atoms with Gasteiger partial charge in [0.15, 0.2) is 0 Å². The van der Waals surface area contributed by atoms with Gasteiger partial charge >= 0.3 is 0 Å². The molecule has 0 aliphatic rings. The van der Waals surface area contributed by atoms with Crippen LogP contribution in [-0.4, -0.2) is 25.5 Å². The van der Waals surface area contributed by atoms with Crippen LogP contribution in [0.2, 0.25) is 0 Å². The van der Waals surface area contributed by atoms with Crippen LogP contribution in [0.4, 0.5) is 0 Å². The van der Waals surface area contributed by atoms with Crippen molar-refractivity contribution in [3.63, 3.8) is 0 Å². The lowest BCUT2D eigenvalue weighted by atomic mass is 10.3. The Hall–Kier alpha value is -3.84. The number of hydrogen-bond acceptors (Lipinski definition) is 4. The normalized spacial score (nSPS) is 11.6. The van der Waals surface area contributed by atoms with E-state index in [0.29, 0.717) is 38.4 Å². The van der Waals surface area contributed by atoms with Gasteiger partial charge in [-0.25, -0.2) is 0 Å². The standard InChI is InChI=1S/C36H36O4P2/c37-41(33-15-5-1-6-16-33,34-17-7-2-8-18-34)29-13-27-39-31-23-25-32(26-24-31)40-28-14-30-42(38,35-19-9-3-10-20-35)36-21-11-4-12-22-36/h1-12,15-26H,13-14,27-30H2. The van der Waals surface area contributed by atoms with Crippen molar-refractivity contribution in [1.29, 1.82) is 0 Å². The summed E-state index contributed by atoms with van der Waals surface area (Å²) < 4.78 is 40.2.